The molecular formula is C17H19NO3S. The van der Waals surface area contributed by atoms with Gasteiger partial charge in [-0.2, -0.15) is 0 Å². The van der Waals surface area contributed by atoms with E-state index in [0.29, 0.717) is 6.61 Å². The maximum Gasteiger partial charge on any atom is 0.263 e. The van der Waals surface area contributed by atoms with E-state index in [1.165, 1.54) is 11.3 Å². The largest absolute Gasteiger partial charge is 0.497 e. The Morgan fingerprint density at radius 1 is 1.18 bits per heavy atom. The summed E-state index contributed by atoms with van der Waals surface area (Å²) in [7, 11) is 1.64. The van der Waals surface area contributed by atoms with Crippen LogP contribution in [0.3, 0.4) is 0 Å². The summed E-state index contributed by atoms with van der Waals surface area (Å²) in [5, 5.41) is 1.99. The number of thiophene rings is 1. The van der Waals surface area contributed by atoms with Crippen LogP contribution in [0.25, 0.3) is 0 Å². The number of ether oxygens (including phenoxy) is 2. The lowest BCUT2D eigenvalue weighted by Gasteiger charge is -2.13. The van der Waals surface area contributed by atoms with Crippen LogP contribution in [0, 0.1) is 0 Å². The van der Waals surface area contributed by atoms with Crippen LogP contribution in [0.15, 0.2) is 35.7 Å². The molecule has 1 amide bonds. The van der Waals surface area contributed by atoms with Gasteiger partial charge < -0.3 is 14.4 Å². The monoisotopic (exact) mass is 317 g/mol. The molecule has 0 aliphatic carbocycles. The minimum absolute atomic E-state index is 0.151. The number of methoxy groups -OCH3 is 1. The zero-order valence-corrected chi connectivity index (χ0v) is 13.4. The Morgan fingerprint density at radius 2 is 1.86 bits per heavy atom. The maximum atomic E-state index is 12.3. The van der Waals surface area contributed by atoms with Gasteiger partial charge in [0.05, 0.1) is 12.0 Å². The van der Waals surface area contributed by atoms with Gasteiger partial charge in [-0.1, -0.05) is 0 Å². The number of carbonyl (C=O) groups excluding carboxylic acids is 1. The van der Waals surface area contributed by atoms with Crippen molar-refractivity contribution in [3.05, 3.63) is 46.2 Å². The number of carbonyl (C=O) groups is 1. The summed E-state index contributed by atoms with van der Waals surface area (Å²) >= 11 is 1.49. The van der Waals surface area contributed by atoms with E-state index in [2.05, 4.69) is 0 Å². The Kier molecular flexibility index (Phi) is 4.63. The van der Waals surface area contributed by atoms with Crippen LogP contribution in [0.2, 0.25) is 0 Å². The van der Waals surface area contributed by atoms with Gasteiger partial charge in [0.1, 0.15) is 18.1 Å². The van der Waals surface area contributed by atoms with E-state index >= 15 is 0 Å². The summed E-state index contributed by atoms with van der Waals surface area (Å²) in [6.07, 6.45) is 2.23. The summed E-state index contributed by atoms with van der Waals surface area (Å²) in [6, 6.07) is 9.42. The Morgan fingerprint density at radius 3 is 2.55 bits per heavy atom. The van der Waals surface area contributed by atoms with Crippen molar-refractivity contribution in [2.24, 2.45) is 0 Å². The van der Waals surface area contributed by atoms with Gasteiger partial charge in [0.2, 0.25) is 0 Å². The molecule has 2 heterocycles. The Bertz CT molecular complexity index is 630. The highest BCUT2D eigenvalue weighted by molar-refractivity contribution is 7.12. The quantitative estimate of drug-likeness (QED) is 0.846. The third kappa shape index (κ3) is 3.42. The lowest BCUT2D eigenvalue weighted by molar-refractivity contribution is 0.0797. The number of hydrogen-bond donors (Lipinski definition) is 0. The first-order valence-corrected chi connectivity index (χ1v) is 8.28. The molecule has 1 saturated heterocycles. The zero-order chi connectivity index (χ0) is 15.4. The zero-order valence-electron chi connectivity index (χ0n) is 12.6. The maximum absolute atomic E-state index is 12.3. The molecule has 1 aliphatic heterocycles. The first kappa shape index (κ1) is 14.9. The Balaban J connectivity index is 1.57. The number of nitrogens with zero attached hydrogens (tertiary/aromatic N) is 1. The molecule has 5 heteroatoms. The first-order valence-electron chi connectivity index (χ1n) is 7.40. The van der Waals surface area contributed by atoms with Crippen molar-refractivity contribution >= 4 is 17.2 Å². The van der Waals surface area contributed by atoms with Gasteiger partial charge in [0.25, 0.3) is 5.91 Å². The van der Waals surface area contributed by atoms with Gasteiger partial charge in [0, 0.05) is 18.7 Å². The molecule has 3 rings (SSSR count). The highest BCUT2D eigenvalue weighted by Crippen LogP contribution is 2.22. The average Bonchev–Trinajstić information content (AvgIpc) is 3.24. The molecule has 0 bridgehead atoms. The molecule has 22 heavy (non-hydrogen) atoms. The number of rotatable bonds is 5. The second kappa shape index (κ2) is 6.83. The van der Waals surface area contributed by atoms with E-state index in [4.69, 9.17) is 9.47 Å². The van der Waals surface area contributed by atoms with E-state index in [1.807, 2.05) is 40.6 Å². The number of benzene rings is 1. The molecule has 0 atom stereocenters. The van der Waals surface area contributed by atoms with Crippen LogP contribution in [-0.4, -0.2) is 31.0 Å². The molecular weight excluding hydrogens is 298 g/mol. The van der Waals surface area contributed by atoms with Crippen molar-refractivity contribution in [3.8, 4) is 11.5 Å². The molecule has 2 aromatic rings. The topological polar surface area (TPSA) is 38.8 Å². The molecule has 0 spiro atoms. The molecule has 1 aromatic carbocycles. The van der Waals surface area contributed by atoms with Crippen LogP contribution >= 0.6 is 11.3 Å². The molecule has 1 aliphatic rings. The van der Waals surface area contributed by atoms with Gasteiger partial charge in [-0.25, -0.2) is 0 Å². The molecule has 0 radical (unpaired) electrons. The third-order valence-corrected chi connectivity index (χ3v) is 4.69. The average molecular weight is 317 g/mol. The molecule has 4 nitrogen and oxygen atoms in total. The predicted molar refractivity (Wildman–Crippen MR) is 86.8 cm³/mol. The van der Waals surface area contributed by atoms with E-state index in [1.54, 1.807) is 7.11 Å². The lowest BCUT2D eigenvalue weighted by Crippen LogP contribution is -2.26. The SMILES string of the molecule is COc1ccc(OCc2csc(C(=O)N3CCCC3)c2)cc1. The van der Waals surface area contributed by atoms with E-state index in [0.717, 1.165) is 47.9 Å². The first-order chi connectivity index (χ1) is 10.8. The summed E-state index contributed by atoms with van der Waals surface area (Å²) in [4.78, 5) is 15.0. The summed E-state index contributed by atoms with van der Waals surface area (Å²) in [6.45, 7) is 2.24. The van der Waals surface area contributed by atoms with Crippen LogP contribution < -0.4 is 9.47 Å². The number of hydrogen-bond acceptors (Lipinski definition) is 4. The predicted octanol–water partition coefficient (Wildman–Crippen LogP) is 3.57. The number of amides is 1. The second-order valence-corrected chi connectivity index (χ2v) is 6.19. The molecule has 0 saturated carbocycles. The van der Waals surface area contributed by atoms with E-state index in [9.17, 15) is 4.79 Å². The lowest BCUT2D eigenvalue weighted by atomic mass is 10.3. The van der Waals surface area contributed by atoms with Crippen molar-refractivity contribution in [1.29, 1.82) is 0 Å². The van der Waals surface area contributed by atoms with Crippen molar-refractivity contribution in [3.63, 3.8) is 0 Å². The normalized spacial score (nSPS) is 14.1. The van der Waals surface area contributed by atoms with Crippen LogP contribution in [0.5, 0.6) is 11.5 Å². The fourth-order valence-electron chi connectivity index (χ4n) is 2.48. The third-order valence-electron chi connectivity index (χ3n) is 3.72. The van der Waals surface area contributed by atoms with Crippen molar-refractivity contribution in [2.75, 3.05) is 20.2 Å². The van der Waals surface area contributed by atoms with Crippen LogP contribution in [-0.2, 0) is 6.61 Å². The van der Waals surface area contributed by atoms with Gasteiger partial charge in [-0.15, -0.1) is 11.3 Å². The smallest absolute Gasteiger partial charge is 0.263 e. The minimum Gasteiger partial charge on any atom is -0.497 e. The standard InChI is InChI=1S/C17H19NO3S/c1-20-14-4-6-15(7-5-14)21-11-13-10-16(22-12-13)17(19)18-8-2-3-9-18/h4-7,10,12H,2-3,8-9,11H2,1H3. The summed E-state index contributed by atoms with van der Waals surface area (Å²) < 4.78 is 10.9. The Labute approximate surface area is 134 Å². The molecule has 1 fully saturated rings. The summed E-state index contributed by atoms with van der Waals surface area (Å²) in [5.74, 6) is 1.75. The van der Waals surface area contributed by atoms with E-state index in [-0.39, 0.29) is 5.91 Å². The molecule has 0 N–H and O–H groups in total. The molecule has 1 aromatic heterocycles. The van der Waals surface area contributed by atoms with Crippen molar-refractivity contribution < 1.29 is 14.3 Å². The highest BCUT2D eigenvalue weighted by Gasteiger charge is 2.20. The van der Waals surface area contributed by atoms with Gasteiger partial charge >= 0.3 is 0 Å². The highest BCUT2D eigenvalue weighted by atomic mass is 32.1. The van der Waals surface area contributed by atoms with Gasteiger partial charge in [0.15, 0.2) is 0 Å². The fourth-order valence-corrected chi connectivity index (χ4v) is 3.34. The van der Waals surface area contributed by atoms with Crippen molar-refractivity contribution in [1.82, 2.24) is 4.90 Å². The summed E-state index contributed by atoms with van der Waals surface area (Å²) in [5.41, 5.74) is 1.03. The van der Waals surface area contributed by atoms with Crippen LogP contribution in [0.4, 0.5) is 0 Å². The van der Waals surface area contributed by atoms with E-state index < -0.39 is 0 Å². The molecule has 0 unspecified atom stereocenters. The molecule has 116 valence electrons. The second-order valence-electron chi connectivity index (χ2n) is 5.28. The van der Waals surface area contributed by atoms with Crippen molar-refractivity contribution in [2.45, 2.75) is 19.4 Å². The minimum atomic E-state index is 0.151. The Hall–Kier alpha value is -2.01. The number of likely N-dealkylation sites (tertiary alicyclic amines) is 1. The van der Waals surface area contributed by atoms with Crippen LogP contribution in [0.1, 0.15) is 28.1 Å². The van der Waals surface area contributed by atoms with Gasteiger partial charge in [-0.3, -0.25) is 4.79 Å². The fraction of sp³-hybridized carbons (Fsp3) is 0.353. The van der Waals surface area contributed by atoms with Gasteiger partial charge in [-0.05, 0) is 48.6 Å².